The van der Waals surface area contributed by atoms with Crippen molar-refractivity contribution < 1.29 is 9.53 Å². The molecule has 0 N–H and O–H groups in total. The summed E-state index contributed by atoms with van der Waals surface area (Å²) in [7, 11) is 0. The summed E-state index contributed by atoms with van der Waals surface area (Å²) in [5.74, 6) is 0.998. The molecule has 1 aromatic heterocycles. The zero-order chi connectivity index (χ0) is 16.4. The number of nitrogens with zero attached hydrogens (tertiary/aromatic N) is 4. The molecule has 24 heavy (non-hydrogen) atoms. The van der Waals surface area contributed by atoms with E-state index in [1.165, 1.54) is 6.33 Å². The van der Waals surface area contributed by atoms with Crippen LogP contribution in [0.4, 0.5) is 5.69 Å². The van der Waals surface area contributed by atoms with E-state index in [0.717, 1.165) is 83.1 Å². The molecular formula is C18H26N4O2. The maximum Gasteiger partial charge on any atom is 0.234 e. The summed E-state index contributed by atoms with van der Waals surface area (Å²) in [6, 6.07) is 0. The number of carbonyl (C=O) groups excluding carboxylic acids is 1. The SMILES string of the molecule is O=C1N(c2cncnc2)CCC12CCCN(CC1CCOCC1)C2. The minimum Gasteiger partial charge on any atom is -0.381 e. The molecule has 4 rings (SSSR count). The Morgan fingerprint density at radius 1 is 1.17 bits per heavy atom. The number of piperidine rings is 1. The largest absolute Gasteiger partial charge is 0.381 e. The van der Waals surface area contributed by atoms with Gasteiger partial charge in [0, 0.05) is 32.8 Å². The van der Waals surface area contributed by atoms with Crippen molar-refractivity contribution in [2.45, 2.75) is 32.1 Å². The van der Waals surface area contributed by atoms with Crippen molar-refractivity contribution in [1.82, 2.24) is 14.9 Å². The molecule has 1 unspecified atom stereocenters. The van der Waals surface area contributed by atoms with Crippen LogP contribution >= 0.6 is 0 Å². The Kier molecular flexibility index (Phi) is 4.50. The summed E-state index contributed by atoms with van der Waals surface area (Å²) >= 11 is 0. The fourth-order valence-corrected chi connectivity index (χ4v) is 4.55. The number of likely N-dealkylation sites (tertiary alicyclic amines) is 1. The maximum absolute atomic E-state index is 13.1. The number of ether oxygens (including phenoxy) is 1. The van der Waals surface area contributed by atoms with Gasteiger partial charge in [0.25, 0.3) is 0 Å². The average Bonchev–Trinajstić information content (AvgIpc) is 2.93. The first kappa shape index (κ1) is 16.0. The van der Waals surface area contributed by atoms with Crippen LogP contribution in [0.5, 0.6) is 0 Å². The molecule has 0 aliphatic carbocycles. The van der Waals surface area contributed by atoms with Crippen molar-refractivity contribution in [3.8, 4) is 0 Å². The first-order valence-corrected chi connectivity index (χ1v) is 9.14. The second kappa shape index (κ2) is 6.76. The number of hydrogen-bond donors (Lipinski definition) is 0. The van der Waals surface area contributed by atoms with Gasteiger partial charge in [-0.1, -0.05) is 0 Å². The predicted molar refractivity (Wildman–Crippen MR) is 90.7 cm³/mol. The van der Waals surface area contributed by atoms with E-state index in [9.17, 15) is 4.79 Å². The lowest BCUT2D eigenvalue weighted by molar-refractivity contribution is -0.128. The van der Waals surface area contributed by atoms with E-state index in [4.69, 9.17) is 4.74 Å². The van der Waals surface area contributed by atoms with Gasteiger partial charge in [0.05, 0.1) is 23.5 Å². The molecule has 3 saturated heterocycles. The summed E-state index contributed by atoms with van der Waals surface area (Å²) in [6.07, 6.45) is 10.4. The number of anilines is 1. The number of hydrogen-bond acceptors (Lipinski definition) is 5. The van der Waals surface area contributed by atoms with Crippen LogP contribution in [0.2, 0.25) is 0 Å². The van der Waals surface area contributed by atoms with Crippen LogP contribution in [0.3, 0.4) is 0 Å². The zero-order valence-electron chi connectivity index (χ0n) is 14.2. The van der Waals surface area contributed by atoms with Gasteiger partial charge in [-0.15, -0.1) is 0 Å². The minimum atomic E-state index is -0.195. The molecule has 1 atom stereocenters. The molecule has 4 heterocycles. The Morgan fingerprint density at radius 2 is 1.96 bits per heavy atom. The average molecular weight is 330 g/mol. The monoisotopic (exact) mass is 330 g/mol. The van der Waals surface area contributed by atoms with Crippen molar-refractivity contribution in [2.75, 3.05) is 44.3 Å². The van der Waals surface area contributed by atoms with E-state index in [1.807, 2.05) is 4.90 Å². The molecule has 0 saturated carbocycles. The number of aromatic nitrogens is 2. The van der Waals surface area contributed by atoms with E-state index < -0.39 is 0 Å². The molecule has 3 aliphatic rings. The Balaban J connectivity index is 1.44. The summed E-state index contributed by atoms with van der Waals surface area (Å²) < 4.78 is 5.47. The molecule has 1 aromatic rings. The molecule has 0 radical (unpaired) electrons. The molecule has 130 valence electrons. The van der Waals surface area contributed by atoms with E-state index in [0.29, 0.717) is 0 Å². The summed E-state index contributed by atoms with van der Waals surface area (Å²) in [5.41, 5.74) is 0.639. The third-order valence-electron chi connectivity index (χ3n) is 5.88. The molecular weight excluding hydrogens is 304 g/mol. The third kappa shape index (κ3) is 3.05. The van der Waals surface area contributed by atoms with Gasteiger partial charge in [0.1, 0.15) is 6.33 Å². The van der Waals surface area contributed by atoms with Crippen LogP contribution in [0.15, 0.2) is 18.7 Å². The van der Waals surface area contributed by atoms with Gasteiger partial charge in [-0.3, -0.25) is 4.79 Å². The Labute approximate surface area is 143 Å². The fraction of sp³-hybridized carbons (Fsp3) is 0.722. The normalized spacial score (nSPS) is 29.5. The maximum atomic E-state index is 13.1. The summed E-state index contributed by atoms with van der Waals surface area (Å²) in [4.78, 5) is 25.7. The fourth-order valence-electron chi connectivity index (χ4n) is 4.55. The highest BCUT2D eigenvalue weighted by atomic mass is 16.5. The van der Waals surface area contributed by atoms with Crippen molar-refractivity contribution in [1.29, 1.82) is 0 Å². The van der Waals surface area contributed by atoms with Crippen molar-refractivity contribution >= 4 is 11.6 Å². The van der Waals surface area contributed by atoms with Crippen LogP contribution in [0.1, 0.15) is 32.1 Å². The molecule has 6 nitrogen and oxygen atoms in total. The number of carbonyl (C=O) groups is 1. The van der Waals surface area contributed by atoms with Crippen LogP contribution in [0.25, 0.3) is 0 Å². The second-order valence-electron chi connectivity index (χ2n) is 7.48. The van der Waals surface area contributed by atoms with E-state index in [2.05, 4.69) is 14.9 Å². The summed E-state index contributed by atoms with van der Waals surface area (Å²) in [6.45, 7) is 5.73. The Morgan fingerprint density at radius 3 is 2.75 bits per heavy atom. The summed E-state index contributed by atoms with van der Waals surface area (Å²) in [5, 5.41) is 0. The quantitative estimate of drug-likeness (QED) is 0.845. The van der Waals surface area contributed by atoms with Crippen molar-refractivity contribution in [2.24, 2.45) is 11.3 Å². The third-order valence-corrected chi connectivity index (χ3v) is 5.88. The van der Waals surface area contributed by atoms with Crippen LogP contribution < -0.4 is 4.90 Å². The minimum absolute atomic E-state index is 0.195. The topological polar surface area (TPSA) is 58.6 Å². The lowest BCUT2D eigenvalue weighted by atomic mass is 9.78. The smallest absolute Gasteiger partial charge is 0.234 e. The van der Waals surface area contributed by atoms with Crippen LogP contribution in [0, 0.1) is 11.3 Å². The second-order valence-corrected chi connectivity index (χ2v) is 7.48. The van der Waals surface area contributed by atoms with Crippen molar-refractivity contribution in [3.63, 3.8) is 0 Å². The van der Waals surface area contributed by atoms with E-state index in [1.54, 1.807) is 12.4 Å². The van der Waals surface area contributed by atoms with Crippen LogP contribution in [-0.4, -0.2) is 60.2 Å². The van der Waals surface area contributed by atoms with Crippen molar-refractivity contribution in [3.05, 3.63) is 18.7 Å². The molecule has 0 aromatic carbocycles. The predicted octanol–water partition coefficient (Wildman–Crippen LogP) is 1.72. The Bertz CT molecular complexity index is 576. The van der Waals surface area contributed by atoms with Gasteiger partial charge in [-0.25, -0.2) is 9.97 Å². The lowest BCUT2D eigenvalue weighted by Gasteiger charge is -2.40. The molecule has 3 fully saturated rings. The first-order chi connectivity index (χ1) is 11.8. The highest BCUT2D eigenvalue weighted by Gasteiger charge is 2.49. The lowest BCUT2D eigenvalue weighted by Crippen LogP contribution is -2.49. The molecule has 1 amide bonds. The van der Waals surface area contributed by atoms with Gasteiger partial charge < -0.3 is 14.5 Å². The molecule has 6 heteroatoms. The number of rotatable bonds is 3. The number of amides is 1. The van der Waals surface area contributed by atoms with Gasteiger partial charge in [0.2, 0.25) is 5.91 Å². The molecule has 3 aliphatic heterocycles. The van der Waals surface area contributed by atoms with E-state index >= 15 is 0 Å². The molecule has 0 bridgehead atoms. The standard InChI is InChI=1S/C18H26N4O2/c23-17-18(5-7-22(17)16-10-19-14-20-11-16)4-1-6-21(13-18)12-15-2-8-24-9-3-15/h10-11,14-15H,1-9,12-13H2. The van der Waals surface area contributed by atoms with Gasteiger partial charge >= 0.3 is 0 Å². The molecule has 1 spiro atoms. The van der Waals surface area contributed by atoms with Gasteiger partial charge in [0.15, 0.2) is 0 Å². The highest BCUT2D eigenvalue weighted by Crippen LogP contribution is 2.41. The van der Waals surface area contributed by atoms with Gasteiger partial charge in [-0.05, 0) is 44.6 Å². The van der Waals surface area contributed by atoms with Gasteiger partial charge in [-0.2, -0.15) is 0 Å². The van der Waals surface area contributed by atoms with E-state index in [-0.39, 0.29) is 11.3 Å². The Hall–Kier alpha value is -1.53. The highest BCUT2D eigenvalue weighted by molar-refractivity contribution is 5.99. The zero-order valence-corrected chi connectivity index (χ0v) is 14.2. The van der Waals surface area contributed by atoms with Crippen LogP contribution in [-0.2, 0) is 9.53 Å². The first-order valence-electron chi connectivity index (χ1n) is 9.14.